The number of carbonyl (C=O) groups is 1. The van der Waals surface area contributed by atoms with Gasteiger partial charge < -0.3 is 4.74 Å². The van der Waals surface area contributed by atoms with E-state index in [4.69, 9.17) is 16.3 Å². The van der Waals surface area contributed by atoms with Crippen molar-refractivity contribution >= 4 is 23.1 Å². The van der Waals surface area contributed by atoms with Crippen molar-refractivity contribution in [2.24, 2.45) is 0 Å². The Bertz CT molecular complexity index is 618. The van der Waals surface area contributed by atoms with E-state index >= 15 is 0 Å². The first-order chi connectivity index (χ1) is 9.70. The van der Waals surface area contributed by atoms with Gasteiger partial charge >= 0.3 is 5.97 Å². The molecule has 0 amide bonds. The number of hydrogen-bond acceptors (Lipinski definition) is 2. The topological polar surface area (TPSA) is 26.3 Å². The molecule has 2 rings (SSSR count). The zero-order valence-corrected chi connectivity index (χ0v) is 11.9. The molecule has 0 atom stereocenters. The molecule has 2 aromatic rings. The summed E-state index contributed by atoms with van der Waals surface area (Å²) in [4.78, 5) is 10.9. The lowest BCUT2D eigenvalue weighted by molar-refractivity contribution is -0.142. The highest BCUT2D eigenvalue weighted by molar-refractivity contribution is 6.29. The van der Waals surface area contributed by atoms with Gasteiger partial charge in [0.15, 0.2) is 0 Å². The summed E-state index contributed by atoms with van der Waals surface area (Å²) in [6, 6.07) is 17.7. The average molecular weight is 287 g/mol. The number of ether oxygens (including phenoxy) is 1. The SMILES string of the molecule is CC(=O)OCc1cccc(C(=CCl)c2ccccc2)c1. The van der Waals surface area contributed by atoms with Gasteiger partial charge in [-0.15, -0.1) is 0 Å². The van der Waals surface area contributed by atoms with Crippen molar-refractivity contribution in [1.29, 1.82) is 0 Å². The van der Waals surface area contributed by atoms with Crippen LogP contribution in [-0.2, 0) is 16.1 Å². The largest absolute Gasteiger partial charge is 0.461 e. The van der Waals surface area contributed by atoms with Gasteiger partial charge in [0, 0.05) is 18.0 Å². The summed E-state index contributed by atoms with van der Waals surface area (Å²) in [6.45, 7) is 1.67. The maximum absolute atomic E-state index is 10.9. The fourth-order valence-corrected chi connectivity index (χ4v) is 2.18. The van der Waals surface area contributed by atoms with Crippen LogP contribution in [0.2, 0.25) is 0 Å². The summed E-state index contributed by atoms with van der Waals surface area (Å²) in [5.41, 5.74) is 5.49. The van der Waals surface area contributed by atoms with Crippen LogP contribution in [-0.4, -0.2) is 5.97 Å². The molecule has 0 aromatic heterocycles. The van der Waals surface area contributed by atoms with E-state index in [-0.39, 0.29) is 12.6 Å². The molecular formula is C17H15ClO2. The Balaban J connectivity index is 2.27. The summed E-state index contributed by atoms with van der Waals surface area (Å²) in [5, 5.41) is 0. The summed E-state index contributed by atoms with van der Waals surface area (Å²) in [6.07, 6.45) is 0. The molecule has 102 valence electrons. The van der Waals surface area contributed by atoms with Gasteiger partial charge in [0.2, 0.25) is 0 Å². The van der Waals surface area contributed by atoms with E-state index < -0.39 is 0 Å². The predicted molar refractivity (Wildman–Crippen MR) is 81.3 cm³/mol. The lowest BCUT2D eigenvalue weighted by Crippen LogP contribution is -1.99. The van der Waals surface area contributed by atoms with Crippen LogP contribution >= 0.6 is 11.6 Å². The average Bonchev–Trinajstić information content (AvgIpc) is 2.47. The van der Waals surface area contributed by atoms with E-state index in [0.29, 0.717) is 0 Å². The van der Waals surface area contributed by atoms with Crippen LogP contribution in [0.5, 0.6) is 0 Å². The number of carbonyl (C=O) groups excluding carboxylic acids is 1. The van der Waals surface area contributed by atoms with E-state index in [2.05, 4.69) is 0 Å². The number of hydrogen-bond donors (Lipinski definition) is 0. The summed E-state index contributed by atoms with van der Waals surface area (Å²) in [7, 11) is 0. The van der Waals surface area contributed by atoms with Gasteiger partial charge in [-0.05, 0) is 22.8 Å². The number of benzene rings is 2. The van der Waals surface area contributed by atoms with Gasteiger partial charge in [-0.3, -0.25) is 4.79 Å². The fraction of sp³-hybridized carbons (Fsp3) is 0.118. The maximum atomic E-state index is 10.9. The first-order valence-corrected chi connectivity index (χ1v) is 6.73. The van der Waals surface area contributed by atoms with E-state index in [9.17, 15) is 4.79 Å². The van der Waals surface area contributed by atoms with Gasteiger partial charge in [0.05, 0.1) is 0 Å². The van der Waals surface area contributed by atoms with Crippen molar-refractivity contribution in [2.45, 2.75) is 13.5 Å². The third kappa shape index (κ3) is 3.72. The summed E-state index contributed by atoms with van der Waals surface area (Å²) < 4.78 is 5.01. The third-order valence-electron chi connectivity index (χ3n) is 2.87. The molecule has 2 nitrogen and oxygen atoms in total. The Morgan fingerprint density at radius 1 is 1.10 bits per heavy atom. The van der Waals surface area contributed by atoms with Crippen molar-refractivity contribution in [3.8, 4) is 0 Å². The number of rotatable bonds is 4. The molecule has 0 fully saturated rings. The molecule has 0 aliphatic heterocycles. The molecule has 2 aromatic carbocycles. The molecule has 20 heavy (non-hydrogen) atoms. The molecule has 0 unspecified atom stereocenters. The van der Waals surface area contributed by atoms with Gasteiger partial charge in [-0.1, -0.05) is 60.1 Å². The van der Waals surface area contributed by atoms with Crippen LogP contribution in [0.1, 0.15) is 23.6 Å². The summed E-state index contributed by atoms with van der Waals surface area (Å²) in [5.74, 6) is -0.286. The first-order valence-electron chi connectivity index (χ1n) is 6.29. The zero-order valence-electron chi connectivity index (χ0n) is 11.2. The molecule has 0 saturated carbocycles. The molecule has 0 aliphatic carbocycles. The van der Waals surface area contributed by atoms with Crippen LogP contribution in [0.25, 0.3) is 5.57 Å². The Morgan fingerprint density at radius 2 is 1.80 bits per heavy atom. The second-order valence-electron chi connectivity index (χ2n) is 4.37. The van der Waals surface area contributed by atoms with E-state index in [1.807, 2.05) is 54.6 Å². The lowest BCUT2D eigenvalue weighted by atomic mass is 9.98. The highest BCUT2D eigenvalue weighted by Crippen LogP contribution is 2.25. The van der Waals surface area contributed by atoms with Crippen LogP contribution in [0, 0.1) is 0 Å². The Morgan fingerprint density at radius 3 is 2.45 bits per heavy atom. The van der Waals surface area contributed by atoms with Crippen LogP contribution in [0.3, 0.4) is 0 Å². The smallest absolute Gasteiger partial charge is 0.302 e. The molecule has 0 aliphatic rings. The number of halogens is 1. The van der Waals surface area contributed by atoms with Gasteiger partial charge in [-0.25, -0.2) is 0 Å². The predicted octanol–water partition coefficient (Wildman–Crippen LogP) is 4.38. The molecule has 0 heterocycles. The monoisotopic (exact) mass is 286 g/mol. The molecule has 0 saturated heterocycles. The minimum absolute atomic E-state index is 0.271. The van der Waals surface area contributed by atoms with Crippen molar-refractivity contribution < 1.29 is 9.53 Å². The molecule has 0 spiro atoms. The minimum atomic E-state index is -0.286. The minimum Gasteiger partial charge on any atom is -0.461 e. The van der Waals surface area contributed by atoms with E-state index in [1.165, 1.54) is 6.92 Å². The maximum Gasteiger partial charge on any atom is 0.302 e. The van der Waals surface area contributed by atoms with E-state index in [0.717, 1.165) is 22.3 Å². The van der Waals surface area contributed by atoms with Crippen molar-refractivity contribution in [3.63, 3.8) is 0 Å². The molecule has 0 bridgehead atoms. The standard InChI is InChI=1S/C17H15ClO2/c1-13(19)20-12-14-6-5-9-16(10-14)17(11-18)15-7-3-2-4-8-15/h2-11H,12H2,1H3. The van der Waals surface area contributed by atoms with E-state index in [1.54, 1.807) is 5.54 Å². The van der Waals surface area contributed by atoms with Gasteiger partial charge in [0.25, 0.3) is 0 Å². The Labute approximate surface area is 123 Å². The highest BCUT2D eigenvalue weighted by Gasteiger charge is 2.05. The van der Waals surface area contributed by atoms with Crippen molar-refractivity contribution in [3.05, 3.63) is 76.8 Å². The lowest BCUT2D eigenvalue weighted by Gasteiger charge is -2.09. The molecule has 3 heteroatoms. The fourth-order valence-electron chi connectivity index (χ4n) is 1.92. The van der Waals surface area contributed by atoms with Crippen LogP contribution in [0.15, 0.2) is 60.1 Å². The quantitative estimate of drug-likeness (QED) is 0.780. The second kappa shape index (κ2) is 6.92. The Kier molecular flexibility index (Phi) is 4.97. The second-order valence-corrected chi connectivity index (χ2v) is 4.59. The van der Waals surface area contributed by atoms with Gasteiger partial charge in [-0.2, -0.15) is 0 Å². The zero-order chi connectivity index (χ0) is 14.4. The summed E-state index contributed by atoms with van der Waals surface area (Å²) >= 11 is 5.97. The van der Waals surface area contributed by atoms with Gasteiger partial charge in [0.1, 0.15) is 6.61 Å². The van der Waals surface area contributed by atoms with Crippen LogP contribution < -0.4 is 0 Å². The van der Waals surface area contributed by atoms with Crippen molar-refractivity contribution in [2.75, 3.05) is 0 Å². The number of esters is 1. The normalized spacial score (nSPS) is 11.2. The third-order valence-corrected chi connectivity index (χ3v) is 3.09. The van der Waals surface area contributed by atoms with Crippen LogP contribution in [0.4, 0.5) is 0 Å². The van der Waals surface area contributed by atoms with Crippen molar-refractivity contribution in [1.82, 2.24) is 0 Å². The Hall–Kier alpha value is -2.06. The molecule has 0 radical (unpaired) electrons. The molecular weight excluding hydrogens is 272 g/mol. The highest BCUT2D eigenvalue weighted by atomic mass is 35.5. The first kappa shape index (κ1) is 14.4. The molecule has 0 N–H and O–H groups in total.